The highest BCUT2D eigenvalue weighted by atomic mass is 16.5. The van der Waals surface area contributed by atoms with Gasteiger partial charge in [-0.2, -0.15) is 0 Å². The molecule has 1 fully saturated rings. The minimum atomic E-state index is -0.381. The largest absolute Gasteiger partial charge is 0.461 e. The second kappa shape index (κ2) is 6.02. The highest BCUT2D eigenvalue weighted by molar-refractivity contribution is 5.89. The number of rotatable bonds is 3. The maximum absolute atomic E-state index is 11.9. The molecular formula is C14H20N2O3. The summed E-state index contributed by atoms with van der Waals surface area (Å²) in [4.78, 5) is 16.3. The molecule has 0 aromatic carbocycles. The van der Waals surface area contributed by atoms with Crippen LogP contribution in [0.5, 0.6) is 0 Å². The summed E-state index contributed by atoms with van der Waals surface area (Å²) in [5.41, 5.74) is 8.62. The standard InChI is InChI=1S/C14H20N2O3/c1-3-19-14(17)12-9(2)8-11(15)13(16-12)10-4-6-18-7-5-10/h8,10H,3-7,15H2,1-2H3. The van der Waals surface area contributed by atoms with Crippen molar-refractivity contribution in [2.75, 3.05) is 25.6 Å². The first-order valence-electron chi connectivity index (χ1n) is 6.65. The molecular weight excluding hydrogens is 244 g/mol. The second-order valence-corrected chi connectivity index (χ2v) is 4.74. The second-order valence-electron chi connectivity index (χ2n) is 4.74. The summed E-state index contributed by atoms with van der Waals surface area (Å²) in [5, 5.41) is 0. The fourth-order valence-electron chi connectivity index (χ4n) is 2.35. The summed E-state index contributed by atoms with van der Waals surface area (Å²) in [5.74, 6) is -0.115. The zero-order valence-electron chi connectivity index (χ0n) is 11.4. The Morgan fingerprint density at radius 2 is 2.21 bits per heavy atom. The van der Waals surface area contributed by atoms with E-state index in [0.717, 1.165) is 24.1 Å². The van der Waals surface area contributed by atoms with Crippen molar-refractivity contribution in [1.82, 2.24) is 4.98 Å². The lowest BCUT2D eigenvalue weighted by molar-refractivity contribution is 0.0517. The third-order valence-electron chi connectivity index (χ3n) is 3.35. The maximum atomic E-state index is 11.9. The average Bonchev–Trinajstić information content (AvgIpc) is 2.40. The average molecular weight is 264 g/mol. The van der Waals surface area contributed by atoms with Crippen LogP contribution in [-0.4, -0.2) is 30.8 Å². The Hall–Kier alpha value is -1.62. The van der Waals surface area contributed by atoms with E-state index >= 15 is 0 Å². The number of nitrogen functional groups attached to an aromatic ring is 1. The van der Waals surface area contributed by atoms with Gasteiger partial charge in [-0.1, -0.05) is 0 Å². The monoisotopic (exact) mass is 264 g/mol. The zero-order chi connectivity index (χ0) is 13.8. The fraction of sp³-hybridized carbons (Fsp3) is 0.571. The molecule has 5 nitrogen and oxygen atoms in total. The van der Waals surface area contributed by atoms with Gasteiger partial charge in [0.15, 0.2) is 5.69 Å². The van der Waals surface area contributed by atoms with E-state index in [1.54, 1.807) is 6.92 Å². The normalized spacial score (nSPS) is 16.3. The Morgan fingerprint density at radius 3 is 2.84 bits per heavy atom. The molecule has 0 amide bonds. The Kier molecular flexibility index (Phi) is 4.37. The minimum absolute atomic E-state index is 0.266. The number of aryl methyl sites for hydroxylation is 1. The summed E-state index contributed by atoms with van der Waals surface area (Å²) < 4.78 is 10.4. The summed E-state index contributed by atoms with van der Waals surface area (Å²) in [6.45, 7) is 5.38. The lowest BCUT2D eigenvalue weighted by Gasteiger charge is -2.23. The van der Waals surface area contributed by atoms with Crippen LogP contribution < -0.4 is 5.73 Å². The van der Waals surface area contributed by atoms with E-state index in [-0.39, 0.29) is 11.9 Å². The molecule has 0 radical (unpaired) electrons. The van der Waals surface area contributed by atoms with Gasteiger partial charge in [-0.3, -0.25) is 0 Å². The van der Waals surface area contributed by atoms with Gasteiger partial charge >= 0.3 is 5.97 Å². The van der Waals surface area contributed by atoms with Crippen molar-refractivity contribution in [1.29, 1.82) is 0 Å². The quantitative estimate of drug-likeness (QED) is 0.846. The molecule has 1 aliphatic heterocycles. The van der Waals surface area contributed by atoms with E-state index in [2.05, 4.69) is 4.98 Å². The molecule has 1 aromatic rings. The van der Waals surface area contributed by atoms with E-state index in [1.807, 2.05) is 13.0 Å². The molecule has 2 rings (SSSR count). The predicted molar refractivity (Wildman–Crippen MR) is 72.1 cm³/mol. The smallest absolute Gasteiger partial charge is 0.357 e. The molecule has 0 spiro atoms. The van der Waals surface area contributed by atoms with Gasteiger partial charge in [-0.05, 0) is 38.3 Å². The highest BCUT2D eigenvalue weighted by Gasteiger charge is 2.23. The molecule has 5 heteroatoms. The van der Waals surface area contributed by atoms with Gasteiger partial charge in [-0.25, -0.2) is 9.78 Å². The molecule has 0 saturated carbocycles. The number of nitrogens with zero attached hydrogens (tertiary/aromatic N) is 1. The van der Waals surface area contributed by atoms with Crippen molar-refractivity contribution in [3.05, 3.63) is 23.0 Å². The van der Waals surface area contributed by atoms with Crippen LogP contribution >= 0.6 is 0 Å². The maximum Gasteiger partial charge on any atom is 0.357 e. The molecule has 0 unspecified atom stereocenters. The van der Waals surface area contributed by atoms with Crippen LogP contribution in [0.1, 0.15) is 47.4 Å². The van der Waals surface area contributed by atoms with Crippen LogP contribution in [0.2, 0.25) is 0 Å². The summed E-state index contributed by atoms with van der Waals surface area (Å²) >= 11 is 0. The Balaban J connectivity index is 2.32. The first-order chi connectivity index (χ1) is 9.13. The van der Waals surface area contributed by atoms with Gasteiger partial charge in [0, 0.05) is 19.1 Å². The lowest BCUT2D eigenvalue weighted by Crippen LogP contribution is -2.19. The first kappa shape index (κ1) is 13.8. The SMILES string of the molecule is CCOC(=O)c1nc(C2CCOCC2)c(N)cc1C. The number of hydrogen-bond donors (Lipinski definition) is 1. The van der Waals surface area contributed by atoms with Crippen molar-refractivity contribution >= 4 is 11.7 Å². The number of anilines is 1. The van der Waals surface area contributed by atoms with Crippen LogP contribution in [0.25, 0.3) is 0 Å². The number of pyridine rings is 1. The van der Waals surface area contributed by atoms with E-state index in [4.69, 9.17) is 15.2 Å². The van der Waals surface area contributed by atoms with Gasteiger partial charge in [0.1, 0.15) is 0 Å². The van der Waals surface area contributed by atoms with Crippen molar-refractivity contribution in [3.63, 3.8) is 0 Å². The number of carbonyl (C=O) groups excluding carboxylic acids is 1. The summed E-state index contributed by atoms with van der Waals surface area (Å²) in [6.07, 6.45) is 1.78. The number of esters is 1. The number of carbonyl (C=O) groups is 1. The Bertz CT molecular complexity index is 468. The number of ether oxygens (including phenoxy) is 2. The van der Waals surface area contributed by atoms with Crippen molar-refractivity contribution in [3.8, 4) is 0 Å². The van der Waals surface area contributed by atoms with Gasteiger partial charge in [0.05, 0.1) is 18.0 Å². The van der Waals surface area contributed by atoms with Gasteiger partial charge < -0.3 is 15.2 Å². The van der Waals surface area contributed by atoms with Crippen LogP contribution in [0.4, 0.5) is 5.69 Å². The molecule has 1 aliphatic rings. The van der Waals surface area contributed by atoms with E-state index < -0.39 is 0 Å². The molecule has 0 bridgehead atoms. The van der Waals surface area contributed by atoms with E-state index in [9.17, 15) is 4.79 Å². The highest BCUT2D eigenvalue weighted by Crippen LogP contribution is 2.30. The molecule has 0 aliphatic carbocycles. The molecule has 2 heterocycles. The topological polar surface area (TPSA) is 74.4 Å². The van der Waals surface area contributed by atoms with Crippen LogP contribution in [0, 0.1) is 6.92 Å². The zero-order valence-corrected chi connectivity index (χ0v) is 11.4. The van der Waals surface area contributed by atoms with Crippen molar-refractivity contribution in [2.24, 2.45) is 0 Å². The third kappa shape index (κ3) is 3.04. The van der Waals surface area contributed by atoms with Crippen LogP contribution in [0.3, 0.4) is 0 Å². The van der Waals surface area contributed by atoms with Crippen molar-refractivity contribution < 1.29 is 14.3 Å². The van der Waals surface area contributed by atoms with Crippen LogP contribution in [0.15, 0.2) is 6.07 Å². The predicted octanol–water partition coefficient (Wildman–Crippen LogP) is 2.04. The Labute approximate surface area is 113 Å². The van der Waals surface area contributed by atoms with Gasteiger partial charge in [0.25, 0.3) is 0 Å². The molecule has 2 N–H and O–H groups in total. The minimum Gasteiger partial charge on any atom is -0.461 e. The summed E-state index contributed by atoms with van der Waals surface area (Å²) in [7, 11) is 0. The lowest BCUT2D eigenvalue weighted by atomic mass is 9.94. The Morgan fingerprint density at radius 1 is 1.53 bits per heavy atom. The van der Waals surface area contributed by atoms with E-state index in [0.29, 0.717) is 31.2 Å². The number of hydrogen-bond acceptors (Lipinski definition) is 5. The van der Waals surface area contributed by atoms with E-state index in [1.165, 1.54) is 0 Å². The number of nitrogens with two attached hydrogens (primary N) is 1. The molecule has 104 valence electrons. The molecule has 19 heavy (non-hydrogen) atoms. The van der Waals surface area contributed by atoms with Crippen molar-refractivity contribution in [2.45, 2.75) is 32.6 Å². The molecule has 0 atom stereocenters. The summed E-state index contributed by atoms with van der Waals surface area (Å²) in [6, 6.07) is 1.81. The number of aromatic nitrogens is 1. The molecule has 1 saturated heterocycles. The van der Waals surface area contributed by atoms with Crippen LogP contribution in [-0.2, 0) is 9.47 Å². The fourth-order valence-corrected chi connectivity index (χ4v) is 2.35. The third-order valence-corrected chi connectivity index (χ3v) is 3.35. The van der Waals surface area contributed by atoms with Gasteiger partial charge in [-0.15, -0.1) is 0 Å². The van der Waals surface area contributed by atoms with Gasteiger partial charge in [0.2, 0.25) is 0 Å². The first-order valence-corrected chi connectivity index (χ1v) is 6.65. The molecule has 1 aromatic heterocycles.